The number of hydrogen-bond donors (Lipinski definition) is 1. The molecule has 1 fully saturated rings. The van der Waals surface area contributed by atoms with E-state index in [2.05, 4.69) is 29.5 Å². The Hall–Kier alpha value is -0.890. The average molecular weight is 204 g/mol. The van der Waals surface area contributed by atoms with Crippen LogP contribution in [0.2, 0.25) is 0 Å². The summed E-state index contributed by atoms with van der Waals surface area (Å²) < 4.78 is 0. The maximum Gasteiger partial charge on any atom is 0.0372 e. The highest BCUT2D eigenvalue weighted by molar-refractivity contribution is 5.13. The lowest BCUT2D eigenvalue weighted by molar-refractivity contribution is 0.470. The van der Waals surface area contributed by atoms with Crippen LogP contribution in [0, 0.1) is 12.8 Å². The monoisotopic (exact) mass is 204 g/mol. The van der Waals surface area contributed by atoms with Crippen molar-refractivity contribution in [1.82, 2.24) is 10.3 Å². The number of hydrogen-bond acceptors (Lipinski definition) is 2. The molecule has 0 radical (unpaired) electrons. The Kier molecular flexibility index (Phi) is 3.37. The number of nitrogens with one attached hydrogen (secondary N) is 1. The molecule has 1 aliphatic rings. The molecule has 2 nitrogen and oxygen atoms in total. The van der Waals surface area contributed by atoms with Crippen molar-refractivity contribution in [2.45, 2.75) is 38.6 Å². The predicted molar refractivity (Wildman–Crippen MR) is 62.9 cm³/mol. The highest BCUT2D eigenvalue weighted by Crippen LogP contribution is 2.34. The summed E-state index contributed by atoms with van der Waals surface area (Å²) in [5, 5.41) is 3.43. The summed E-state index contributed by atoms with van der Waals surface area (Å²) in [4.78, 5) is 4.32. The highest BCUT2D eigenvalue weighted by Gasteiger charge is 2.29. The van der Waals surface area contributed by atoms with Crippen molar-refractivity contribution >= 4 is 0 Å². The van der Waals surface area contributed by atoms with Crippen LogP contribution in [0.3, 0.4) is 0 Å². The zero-order chi connectivity index (χ0) is 10.7. The molecule has 0 bridgehead atoms. The minimum atomic E-state index is 0.714. The van der Waals surface area contributed by atoms with Crippen LogP contribution in [-0.2, 0) is 6.42 Å². The summed E-state index contributed by atoms with van der Waals surface area (Å²) in [5.41, 5.74) is 2.47. The van der Waals surface area contributed by atoms with Crippen molar-refractivity contribution in [2.75, 3.05) is 7.05 Å². The Bertz CT molecular complexity index is 301. The number of rotatable bonds is 5. The van der Waals surface area contributed by atoms with Gasteiger partial charge in [-0.1, -0.05) is 6.07 Å². The molecule has 82 valence electrons. The molecular weight excluding hydrogens is 184 g/mol. The minimum Gasteiger partial charge on any atom is -0.317 e. The van der Waals surface area contributed by atoms with Crippen LogP contribution in [-0.4, -0.2) is 18.1 Å². The van der Waals surface area contributed by atoms with Gasteiger partial charge in [0.25, 0.3) is 0 Å². The molecule has 0 saturated heterocycles. The third kappa shape index (κ3) is 3.03. The first-order valence-corrected chi connectivity index (χ1v) is 5.88. The first-order valence-electron chi connectivity index (χ1n) is 5.88. The first-order chi connectivity index (χ1) is 7.29. The van der Waals surface area contributed by atoms with Gasteiger partial charge in [-0.2, -0.15) is 0 Å². The van der Waals surface area contributed by atoms with Gasteiger partial charge in [0, 0.05) is 17.9 Å². The summed E-state index contributed by atoms with van der Waals surface area (Å²) in [6.45, 7) is 2.03. The van der Waals surface area contributed by atoms with E-state index < -0.39 is 0 Å². The van der Waals surface area contributed by atoms with Crippen molar-refractivity contribution in [3.8, 4) is 0 Å². The van der Waals surface area contributed by atoms with Gasteiger partial charge in [0.1, 0.15) is 0 Å². The fraction of sp³-hybridized carbons (Fsp3) is 0.615. The average Bonchev–Trinajstić information content (AvgIpc) is 3.06. The summed E-state index contributed by atoms with van der Waals surface area (Å²) in [6, 6.07) is 5.01. The van der Waals surface area contributed by atoms with Crippen LogP contribution in [0.15, 0.2) is 18.3 Å². The minimum absolute atomic E-state index is 0.714. The molecule has 0 aliphatic heterocycles. The number of pyridine rings is 1. The third-order valence-electron chi connectivity index (χ3n) is 3.28. The molecule has 1 N–H and O–H groups in total. The molecule has 1 unspecified atom stereocenters. The lowest BCUT2D eigenvalue weighted by Crippen LogP contribution is -2.27. The van der Waals surface area contributed by atoms with E-state index in [9.17, 15) is 0 Å². The molecule has 1 heterocycles. The Morgan fingerprint density at radius 1 is 1.47 bits per heavy atom. The van der Waals surface area contributed by atoms with E-state index in [1.54, 1.807) is 0 Å². The molecule has 2 heteroatoms. The summed E-state index contributed by atoms with van der Waals surface area (Å²) in [5.74, 6) is 0.938. The summed E-state index contributed by atoms with van der Waals surface area (Å²) in [6.07, 6.45) is 7.23. The van der Waals surface area contributed by atoms with Crippen LogP contribution in [0.5, 0.6) is 0 Å². The molecule has 0 amide bonds. The molecule has 15 heavy (non-hydrogen) atoms. The first kappa shape index (κ1) is 10.6. The molecule has 1 aromatic rings. The largest absolute Gasteiger partial charge is 0.317 e. The van der Waals surface area contributed by atoms with Gasteiger partial charge in [-0.05, 0) is 57.2 Å². The van der Waals surface area contributed by atoms with Gasteiger partial charge >= 0.3 is 0 Å². The van der Waals surface area contributed by atoms with Gasteiger partial charge in [-0.3, -0.25) is 4.98 Å². The van der Waals surface area contributed by atoms with Crippen molar-refractivity contribution in [1.29, 1.82) is 0 Å². The van der Waals surface area contributed by atoms with Gasteiger partial charge in [-0.25, -0.2) is 0 Å². The number of nitrogens with zero attached hydrogens (tertiary/aromatic N) is 1. The maximum absolute atomic E-state index is 4.32. The van der Waals surface area contributed by atoms with Crippen LogP contribution in [0.1, 0.15) is 30.5 Å². The fourth-order valence-corrected chi connectivity index (χ4v) is 2.08. The molecule has 1 saturated carbocycles. The van der Waals surface area contributed by atoms with E-state index in [1.165, 1.54) is 24.8 Å². The SMILES string of the molecule is CNC(CCc1ccc(C)nc1)C1CC1. The standard InChI is InChI=1S/C13H20N2/c1-10-3-4-11(9-15-10)5-8-13(14-2)12-6-7-12/h3-4,9,12-14H,5-8H2,1-2H3. The second-order valence-corrected chi connectivity index (χ2v) is 4.58. The predicted octanol–water partition coefficient (Wildman–Crippen LogP) is 2.32. The van der Waals surface area contributed by atoms with Crippen LogP contribution in [0.25, 0.3) is 0 Å². The Balaban J connectivity index is 1.83. The van der Waals surface area contributed by atoms with Crippen LogP contribution >= 0.6 is 0 Å². The van der Waals surface area contributed by atoms with Crippen molar-refractivity contribution in [2.24, 2.45) is 5.92 Å². The highest BCUT2D eigenvalue weighted by atomic mass is 14.9. The van der Waals surface area contributed by atoms with Crippen molar-refractivity contribution in [3.63, 3.8) is 0 Å². The summed E-state index contributed by atoms with van der Waals surface area (Å²) in [7, 11) is 2.08. The van der Waals surface area contributed by atoms with E-state index in [-0.39, 0.29) is 0 Å². The zero-order valence-electron chi connectivity index (χ0n) is 9.66. The van der Waals surface area contributed by atoms with E-state index in [4.69, 9.17) is 0 Å². The van der Waals surface area contributed by atoms with Gasteiger partial charge in [0.05, 0.1) is 0 Å². The Morgan fingerprint density at radius 3 is 2.80 bits per heavy atom. The van der Waals surface area contributed by atoms with Gasteiger partial charge in [0.15, 0.2) is 0 Å². The normalized spacial score (nSPS) is 17.7. The van der Waals surface area contributed by atoms with E-state index in [1.807, 2.05) is 13.1 Å². The lowest BCUT2D eigenvalue weighted by Gasteiger charge is -2.14. The zero-order valence-corrected chi connectivity index (χ0v) is 9.66. The van der Waals surface area contributed by atoms with Gasteiger partial charge < -0.3 is 5.32 Å². The topological polar surface area (TPSA) is 24.9 Å². The van der Waals surface area contributed by atoms with Gasteiger partial charge in [-0.15, -0.1) is 0 Å². The van der Waals surface area contributed by atoms with E-state index >= 15 is 0 Å². The van der Waals surface area contributed by atoms with Crippen molar-refractivity contribution < 1.29 is 0 Å². The maximum atomic E-state index is 4.32. The fourth-order valence-electron chi connectivity index (χ4n) is 2.08. The number of aryl methyl sites for hydroxylation is 2. The molecule has 0 aromatic carbocycles. The van der Waals surface area contributed by atoms with Crippen LogP contribution in [0.4, 0.5) is 0 Å². The molecular formula is C13H20N2. The lowest BCUT2D eigenvalue weighted by atomic mass is 10.0. The van der Waals surface area contributed by atoms with E-state index in [0.29, 0.717) is 6.04 Å². The Labute approximate surface area is 92.1 Å². The molecule has 1 atom stereocenters. The molecule has 1 aliphatic carbocycles. The molecule has 0 spiro atoms. The molecule has 2 rings (SSSR count). The van der Waals surface area contributed by atoms with Crippen molar-refractivity contribution in [3.05, 3.63) is 29.6 Å². The Morgan fingerprint density at radius 2 is 2.27 bits per heavy atom. The van der Waals surface area contributed by atoms with Crippen LogP contribution < -0.4 is 5.32 Å². The smallest absolute Gasteiger partial charge is 0.0372 e. The second kappa shape index (κ2) is 4.75. The van der Waals surface area contributed by atoms with Gasteiger partial charge in [0.2, 0.25) is 0 Å². The quantitative estimate of drug-likeness (QED) is 0.796. The third-order valence-corrected chi connectivity index (χ3v) is 3.28. The second-order valence-electron chi connectivity index (χ2n) is 4.58. The summed E-state index contributed by atoms with van der Waals surface area (Å²) >= 11 is 0. The van der Waals surface area contributed by atoms with E-state index in [0.717, 1.165) is 18.0 Å². The molecule has 1 aromatic heterocycles. The number of aromatic nitrogens is 1.